The maximum absolute atomic E-state index is 6.27. The number of rotatable bonds is 2. The van der Waals surface area contributed by atoms with Crippen LogP contribution in [0.3, 0.4) is 0 Å². The van der Waals surface area contributed by atoms with Gasteiger partial charge in [-0.15, -0.1) is 0 Å². The Morgan fingerprint density at radius 3 is 2.29 bits per heavy atom. The number of hydrogen-bond donors (Lipinski definition) is 0. The van der Waals surface area contributed by atoms with Gasteiger partial charge in [0, 0.05) is 16.3 Å². The number of benzene rings is 3. The van der Waals surface area contributed by atoms with Crippen molar-refractivity contribution in [2.75, 3.05) is 0 Å². The van der Waals surface area contributed by atoms with Crippen molar-refractivity contribution in [2.45, 2.75) is 13.8 Å². The number of furan rings is 1. The first-order chi connectivity index (χ1) is 13.1. The zero-order valence-corrected chi connectivity index (χ0v) is 18.3. The Morgan fingerprint density at radius 1 is 0.821 bits per heavy atom. The first kappa shape index (κ1) is 18.7. The Bertz CT molecular complexity index is 1290. The van der Waals surface area contributed by atoms with Crippen molar-refractivity contribution >= 4 is 21.9 Å². The predicted molar refractivity (Wildman–Crippen MR) is 109 cm³/mol. The summed E-state index contributed by atoms with van der Waals surface area (Å²) in [6.45, 7) is 4.34. The fourth-order valence-corrected chi connectivity index (χ4v) is 4.05. The lowest BCUT2D eigenvalue weighted by molar-refractivity contribution is -0.670. The van der Waals surface area contributed by atoms with E-state index < -0.39 is 0 Å². The minimum absolute atomic E-state index is 0. The zero-order chi connectivity index (χ0) is 18.5. The van der Waals surface area contributed by atoms with Crippen LogP contribution in [0.5, 0.6) is 0 Å². The molecule has 0 aliphatic heterocycles. The molecule has 4 heteroatoms. The summed E-state index contributed by atoms with van der Waals surface area (Å²) >= 11 is 0. The summed E-state index contributed by atoms with van der Waals surface area (Å²) in [5.41, 5.74) is 7.88. The second-order valence-corrected chi connectivity index (χ2v) is 7.18. The molecule has 28 heavy (non-hydrogen) atoms. The number of aryl methyl sites for hydroxylation is 3. The fraction of sp³-hybridized carbons (Fsp3) is 0.125. The van der Waals surface area contributed by atoms with Gasteiger partial charge in [-0.1, -0.05) is 48.5 Å². The quantitative estimate of drug-likeness (QED) is 0.281. The first-order valence-corrected chi connectivity index (χ1v) is 9.18. The SMILES string of the molecule is Cc1cccc(C)c1-c1c[n+](C)cn1-c1cccc2c1oc1ccccc12.[I-]. The van der Waals surface area contributed by atoms with E-state index in [2.05, 4.69) is 91.1 Å². The first-order valence-electron chi connectivity index (χ1n) is 9.18. The van der Waals surface area contributed by atoms with Gasteiger partial charge in [0.2, 0.25) is 6.33 Å². The van der Waals surface area contributed by atoms with E-state index in [4.69, 9.17) is 4.42 Å². The van der Waals surface area contributed by atoms with Crippen LogP contribution in [-0.2, 0) is 7.05 Å². The topological polar surface area (TPSA) is 21.9 Å². The van der Waals surface area contributed by atoms with E-state index in [1.807, 2.05) is 12.1 Å². The highest BCUT2D eigenvalue weighted by molar-refractivity contribution is 6.07. The summed E-state index contributed by atoms with van der Waals surface area (Å²) in [4.78, 5) is 0. The summed E-state index contributed by atoms with van der Waals surface area (Å²) in [5, 5.41) is 2.30. The Labute approximate surface area is 181 Å². The Morgan fingerprint density at radius 2 is 1.50 bits per heavy atom. The van der Waals surface area contributed by atoms with E-state index in [1.165, 1.54) is 22.4 Å². The molecule has 0 N–H and O–H groups in total. The van der Waals surface area contributed by atoms with E-state index in [-0.39, 0.29) is 24.0 Å². The number of aromatic nitrogens is 2. The Balaban J connectivity index is 0.00000192. The molecule has 0 bridgehead atoms. The monoisotopic (exact) mass is 480 g/mol. The summed E-state index contributed by atoms with van der Waals surface area (Å²) in [7, 11) is 2.06. The molecule has 0 radical (unpaired) electrons. The van der Waals surface area contributed by atoms with Crippen LogP contribution in [0, 0.1) is 13.8 Å². The standard InChI is InChI=1S/C24H21N2O.HI/c1-16-8-6-9-17(2)23(16)21-14-25(3)15-26(21)20-12-7-11-19-18-10-4-5-13-22(18)27-24(19)20;/h4-15H,1-3H3;1H/q+1;/p-1. The van der Waals surface area contributed by atoms with Crippen molar-refractivity contribution in [3.63, 3.8) is 0 Å². The van der Waals surface area contributed by atoms with Crippen LogP contribution in [0.1, 0.15) is 11.1 Å². The summed E-state index contributed by atoms with van der Waals surface area (Å²) < 4.78 is 10.6. The number of para-hydroxylation sites is 2. The lowest BCUT2D eigenvalue weighted by Crippen LogP contribution is -3.00. The molecule has 0 amide bonds. The van der Waals surface area contributed by atoms with Crippen LogP contribution in [0.15, 0.2) is 77.6 Å². The lowest BCUT2D eigenvalue weighted by atomic mass is 10.00. The number of imidazole rings is 1. The van der Waals surface area contributed by atoms with Gasteiger partial charge in [0.15, 0.2) is 17.0 Å². The van der Waals surface area contributed by atoms with Crippen molar-refractivity contribution in [3.8, 4) is 16.9 Å². The van der Waals surface area contributed by atoms with Gasteiger partial charge in [0.1, 0.15) is 11.8 Å². The van der Waals surface area contributed by atoms with Crippen LogP contribution in [-0.4, -0.2) is 4.57 Å². The molecule has 3 nitrogen and oxygen atoms in total. The average Bonchev–Trinajstić information content (AvgIpc) is 3.22. The third-order valence-electron chi connectivity index (χ3n) is 5.26. The molecule has 2 heterocycles. The number of fused-ring (bicyclic) bond motifs is 3. The van der Waals surface area contributed by atoms with Crippen molar-refractivity contribution in [3.05, 3.63) is 84.3 Å². The van der Waals surface area contributed by atoms with Gasteiger partial charge >= 0.3 is 0 Å². The second-order valence-electron chi connectivity index (χ2n) is 7.18. The van der Waals surface area contributed by atoms with Crippen molar-refractivity contribution in [1.29, 1.82) is 0 Å². The predicted octanol–water partition coefficient (Wildman–Crippen LogP) is 2.49. The van der Waals surface area contributed by atoms with Crippen LogP contribution in [0.2, 0.25) is 0 Å². The molecule has 2 aromatic heterocycles. The molecule has 0 saturated carbocycles. The zero-order valence-electron chi connectivity index (χ0n) is 16.1. The van der Waals surface area contributed by atoms with Crippen molar-refractivity contribution in [2.24, 2.45) is 7.05 Å². The molecule has 140 valence electrons. The van der Waals surface area contributed by atoms with Gasteiger partial charge < -0.3 is 28.4 Å². The van der Waals surface area contributed by atoms with Crippen molar-refractivity contribution in [1.82, 2.24) is 4.57 Å². The van der Waals surface area contributed by atoms with E-state index >= 15 is 0 Å². The van der Waals surface area contributed by atoms with Crippen LogP contribution < -0.4 is 28.5 Å². The second kappa shape index (κ2) is 7.09. The maximum Gasteiger partial charge on any atom is 0.249 e. The van der Waals surface area contributed by atoms with Gasteiger partial charge in [-0.05, 0) is 37.1 Å². The molecule has 0 unspecified atom stereocenters. The van der Waals surface area contributed by atoms with E-state index in [1.54, 1.807) is 0 Å². The fourth-order valence-electron chi connectivity index (χ4n) is 4.05. The molecule has 0 fully saturated rings. The highest BCUT2D eigenvalue weighted by atomic mass is 127. The minimum Gasteiger partial charge on any atom is -1.00 e. The normalized spacial score (nSPS) is 11.1. The molecule has 0 saturated heterocycles. The largest absolute Gasteiger partial charge is 1.00 e. The van der Waals surface area contributed by atoms with E-state index in [0.717, 1.165) is 27.6 Å². The van der Waals surface area contributed by atoms with Crippen LogP contribution >= 0.6 is 0 Å². The van der Waals surface area contributed by atoms with Crippen LogP contribution in [0.4, 0.5) is 0 Å². The lowest BCUT2D eigenvalue weighted by Gasteiger charge is -2.08. The third-order valence-corrected chi connectivity index (χ3v) is 5.26. The van der Waals surface area contributed by atoms with Gasteiger partial charge in [0.25, 0.3) is 0 Å². The molecular weight excluding hydrogens is 459 g/mol. The third kappa shape index (κ3) is 2.83. The average molecular weight is 480 g/mol. The molecule has 0 aliphatic carbocycles. The molecule has 0 spiro atoms. The number of hydrogen-bond acceptors (Lipinski definition) is 1. The summed E-state index contributed by atoms with van der Waals surface area (Å²) in [5.74, 6) is 0. The Kier molecular flexibility index (Phi) is 4.75. The van der Waals surface area contributed by atoms with Crippen LogP contribution in [0.25, 0.3) is 38.9 Å². The van der Waals surface area contributed by atoms with Gasteiger partial charge in [0.05, 0.1) is 7.05 Å². The molecular formula is C24H21IN2O. The highest BCUT2D eigenvalue weighted by Crippen LogP contribution is 2.35. The van der Waals surface area contributed by atoms with Gasteiger partial charge in [-0.25, -0.2) is 4.57 Å². The van der Waals surface area contributed by atoms with E-state index in [0.29, 0.717) is 0 Å². The summed E-state index contributed by atoms with van der Waals surface area (Å²) in [6, 6.07) is 21.0. The highest BCUT2D eigenvalue weighted by Gasteiger charge is 2.22. The minimum atomic E-state index is 0. The smallest absolute Gasteiger partial charge is 0.249 e. The maximum atomic E-state index is 6.27. The molecule has 5 rings (SSSR count). The molecule has 0 atom stereocenters. The molecule has 5 aromatic rings. The van der Waals surface area contributed by atoms with E-state index in [9.17, 15) is 0 Å². The number of nitrogens with zero attached hydrogens (tertiary/aromatic N) is 2. The molecule has 3 aromatic carbocycles. The summed E-state index contributed by atoms with van der Waals surface area (Å²) in [6.07, 6.45) is 4.29. The van der Waals surface area contributed by atoms with Crippen molar-refractivity contribution < 1.29 is 33.0 Å². The van der Waals surface area contributed by atoms with Gasteiger partial charge in [-0.3, -0.25) is 0 Å². The number of halogens is 1. The van der Waals surface area contributed by atoms with Gasteiger partial charge in [-0.2, -0.15) is 4.57 Å². The Hall–Kier alpha value is -2.60. The molecule has 0 aliphatic rings.